The van der Waals surface area contributed by atoms with Crippen molar-refractivity contribution in [2.24, 2.45) is 17.8 Å². The number of benzene rings is 1. The lowest BCUT2D eigenvalue weighted by Crippen LogP contribution is -2.32. The van der Waals surface area contributed by atoms with Gasteiger partial charge in [0.1, 0.15) is 0 Å². The van der Waals surface area contributed by atoms with Gasteiger partial charge < -0.3 is 10.4 Å². The second-order valence-corrected chi connectivity index (χ2v) is 5.79. The Kier molecular flexibility index (Phi) is 3.56. The smallest absolute Gasteiger partial charge is 0.224 e. The van der Waals surface area contributed by atoms with Crippen LogP contribution in [0.15, 0.2) is 30.3 Å². The number of amides is 1. The van der Waals surface area contributed by atoms with Gasteiger partial charge in [0, 0.05) is 5.92 Å². The van der Waals surface area contributed by atoms with Crippen molar-refractivity contribution in [2.45, 2.75) is 31.7 Å². The van der Waals surface area contributed by atoms with Crippen molar-refractivity contribution in [3.63, 3.8) is 0 Å². The van der Waals surface area contributed by atoms with Gasteiger partial charge in [0.15, 0.2) is 0 Å². The minimum Gasteiger partial charge on any atom is -0.394 e. The molecule has 0 aliphatic heterocycles. The fourth-order valence-corrected chi connectivity index (χ4v) is 3.57. The molecular weight excluding hydrogens is 238 g/mol. The first-order valence-electron chi connectivity index (χ1n) is 7.27. The summed E-state index contributed by atoms with van der Waals surface area (Å²) in [6.07, 6.45) is 4.95. The van der Waals surface area contributed by atoms with Crippen LogP contribution in [-0.2, 0) is 4.79 Å². The minimum absolute atomic E-state index is 0.0438. The highest BCUT2D eigenvalue weighted by molar-refractivity contribution is 5.82. The summed E-state index contributed by atoms with van der Waals surface area (Å²) in [5.41, 5.74) is 0.974. The van der Waals surface area contributed by atoms with E-state index in [0.717, 1.165) is 5.56 Å². The maximum Gasteiger partial charge on any atom is 0.224 e. The van der Waals surface area contributed by atoms with Crippen molar-refractivity contribution < 1.29 is 9.90 Å². The van der Waals surface area contributed by atoms with E-state index in [1.54, 1.807) is 0 Å². The second-order valence-electron chi connectivity index (χ2n) is 5.79. The summed E-state index contributed by atoms with van der Waals surface area (Å²) < 4.78 is 0. The van der Waals surface area contributed by atoms with Gasteiger partial charge in [-0.1, -0.05) is 43.2 Å². The summed E-state index contributed by atoms with van der Waals surface area (Å²) >= 11 is 0. The Hall–Kier alpha value is -1.35. The largest absolute Gasteiger partial charge is 0.394 e. The Labute approximate surface area is 114 Å². The number of hydrogen-bond donors (Lipinski definition) is 2. The highest BCUT2D eigenvalue weighted by Crippen LogP contribution is 2.55. The third-order valence-electron chi connectivity index (χ3n) is 4.66. The molecule has 3 rings (SSSR count). The first-order chi connectivity index (χ1) is 9.31. The molecule has 0 radical (unpaired) electrons. The van der Waals surface area contributed by atoms with Gasteiger partial charge in [-0.25, -0.2) is 0 Å². The molecule has 1 amide bonds. The number of aliphatic hydroxyl groups excluding tert-OH is 1. The van der Waals surface area contributed by atoms with E-state index in [-0.39, 0.29) is 24.5 Å². The summed E-state index contributed by atoms with van der Waals surface area (Å²) in [6.45, 7) is -0.0438. The van der Waals surface area contributed by atoms with E-state index in [1.165, 1.54) is 25.7 Å². The summed E-state index contributed by atoms with van der Waals surface area (Å²) in [5.74, 6) is 1.58. The van der Waals surface area contributed by atoms with E-state index in [1.807, 2.05) is 30.3 Å². The molecule has 0 aromatic heterocycles. The van der Waals surface area contributed by atoms with Gasteiger partial charge in [0.05, 0.1) is 12.6 Å². The lowest BCUT2D eigenvalue weighted by molar-refractivity contribution is -0.124. The van der Waals surface area contributed by atoms with Gasteiger partial charge in [-0.05, 0) is 30.2 Å². The third kappa shape index (κ3) is 2.52. The van der Waals surface area contributed by atoms with Gasteiger partial charge in [0.25, 0.3) is 0 Å². The molecule has 0 spiro atoms. The lowest BCUT2D eigenvalue weighted by Gasteiger charge is -2.16. The molecule has 19 heavy (non-hydrogen) atoms. The number of carbonyl (C=O) groups excluding carboxylic acids is 1. The molecule has 102 valence electrons. The van der Waals surface area contributed by atoms with Crippen molar-refractivity contribution in [3.05, 3.63) is 35.9 Å². The van der Waals surface area contributed by atoms with Crippen molar-refractivity contribution in [1.82, 2.24) is 5.32 Å². The van der Waals surface area contributed by atoms with Crippen LogP contribution < -0.4 is 5.32 Å². The zero-order valence-corrected chi connectivity index (χ0v) is 11.1. The summed E-state index contributed by atoms with van der Waals surface area (Å²) in [5, 5.41) is 12.5. The van der Waals surface area contributed by atoms with Gasteiger partial charge >= 0.3 is 0 Å². The van der Waals surface area contributed by atoms with Crippen LogP contribution in [0.1, 0.15) is 37.3 Å². The number of carbonyl (C=O) groups is 1. The first-order valence-corrected chi connectivity index (χ1v) is 7.27. The van der Waals surface area contributed by atoms with E-state index in [9.17, 15) is 9.90 Å². The van der Waals surface area contributed by atoms with E-state index in [2.05, 4.69) is 5.32 Å². The number of hydrogen-bond acceptors (Lipinski definition) is 2. The molecule has 0 saturated heterocycles. The second kappa shape index (κ2) is 5.33. The minimum atomic E-state index is -0.267. The van der Waals surface area contributed by atoms with Crippen molar-refractivity contribution in [2.75, 3.05) is 6.61 Å². The van der Waals surface area contributed by atoms with Crippen molar-refractivity contribution in [3.8, 4) is 0 Å². The predicted octanol–water partition coefficient (Wildman–Crippen LogP) is 2.27. The van der Waals surface area contributed by atoms with Gasteiger partial charge in [-0.3, -0.25) is 4.79 Å². The average molecular weight is 259 g/mol. The summed E-state index contributed by atoms with van der Waals surface area (Å²) in [6, 6.07) is 9.43. The molecule has 2 fully saturated rings. The Bertz CT molecular complexity index is 433. The van der Waals surface area contributed by atoms with E-state index >= 15 is 0 Å². The molecule has 2 aliphatic rings. The average Bonchev–Trinajstić information content (AvgIpc) is 3.20. The van der Waals surface area contributed by atoms with Crippen LogP contribution in [0.2, 0.25) is 0 Å². The summed E-state index contributed by atoms with van der Waals surface area (Å²) in [4.78, 5) is 12.3. The van der Waals surface area contributed by atoms with Crippen LogP contribution >= 0.6 is 0 Å². The van der Waals surface area contributed by atoms with Gasteiger partial charge in [-0.2, -0.15) is 0 Å². The Morgan fingerprint density at radius 2 is 1.84 bits per heavy atom. The highest BCUT2D eigenvalue weighted by atomic mass is 16.3. The number of aliphatic hydroxyl groups is 1. The predicted molar refractivity (Wildman–Crippen MR) is 73.3 cm³/mol. The Morgan fingerprint density at radius 1 is 1.21 bits per heavy atom. The zero-order valence-electron chi connectivity index (χ0n) is 11.1. The fourth-order valence-electron chi connectivity index (χ4n) is 3.57. The van der Waals surface area contributed by atoms with Crippen molar-refractivity contribution in [1.29, 1.82) is 0 Å². The molecule has 2 unspecified atom stereocenters. The van der Waals surface area contributed by atoms with E-state index < -0.39 is 0 Å². The molecule has 2 aliphatic carbocycles. The van der Waals surface area contributed by atoms with E-state index in [0.29, 0.717) is 11.8 Å². The SMILES string of the molecule is O=C(N[C@@H](CO)c1ccccc1)C1C2CCCCC21. The maximum atomic E-state index is 12.3. The molecule has 2 N–H and O–H groups in total. The highest BCUT2D eigenvalue weighted by Gasteiger charge is 2.54. The molecule has 3 atom stereocenters. The maximum absolute atomic E-state index is 12.3. The molecule has 0 heterocycles. The number of rotatable bonds is 4. The molecule has 2 saturated carbocycles. The molecule has 0 bridgehead atoms. The van der Waals surface area contributed by atoms with Gasteiger partial charge in [0.2, 0.25) is 5.91 Å². The number of nitrogens with one attached hydrogen (secondary N) is 1. The van der Waals surface area contributed by atoms with E-state index in [4.69, 9.17) is 0 Å². The van der Waals surface area contributed by atoms with Crippen LogP contribution in [0.3, 0.4) is 0 Å². The Morgan fingerprint density at radius 3 is 2.42 bits per heavy atom. The molecule has 3 heteroatoms. The fraction of sp³-hybridized carbons (Fsp3) is 0.562. The van der Waals surface area contributed by atoms with Crippen LogP contribution in [0.4, 0.5) is 0 Å². The topological polar surface area (TPSA) is 49.3 Å². The molecule has 1 aromatic carbocycles. The molecule has 1 aromatic rings. The van der Waals surface area contributed by atoms with Crippen LogP contribution in [0.5, 0.6) is 0 Å². The lowest BCUT2D eigenvalue weighted by atomic mass is 10.0. The first kappa shape index (κ1) is 12.7. The number of fused-ring (bicyclic) bond motifs is 1. The van der Waals surface area contributed by atoms with Gasteiger partial charge in [-0.15, -0.1) is 0 Å². The van der Waals surface area contributed by atoms with Crippen LogP contribution in [-0.4, -0.2) is 17.6 Å². The van der Waals surface area contributed by atoms with Crippen LogP contribution in [0.25, 0.3) is 0 Å². The zero-order chi connectivity index (χ0) is 13.2. The quantitative estimate of drug-likeness (QED) is 0.871. The summed E-state index contributed by atoms with van der Waals surface area (Å²) in [7, 11) is 0. The standard InChI is InChI=1S/C16H21NO2/c18-10-14(11-6-2-1-3-7-11)17-16(19)15-12-8-4-5-9-13(12)15/h1-3,6-7,12-15,18H,4-5,8-10H2,(H,17,19)/t12?,13?,14-,15?/m0/s1. The monoisotopic (exact) mass is 259 g/mol. The third-order valence-corrected chi connectivity index (χ3v) is 4.66. The molecular formula is C16H21NO2. The Balaban J connectivity index is 1.62. The van der Waals surface area contributed by atoms with Crippen LogP contribution in [0, 0.1) is 17.8 Å². The molecule has 3 nitrogen and oxygen atoms in total. The normalized spacial score (nSPS) is 30.3. The van der Waals surface area contributed by atoms with Crippen molar-refractivity contribution >= 4 is 5.91 Å².